The molecular weight excluding hydrogens is 244 g/mol. The number of para-hydroxylation sites is 1. The maximum absolute atomic E-state index is 12.1. The van der Waals surface area contributed by atoms with Crippen molar-refractivity contribution in [3.63, 3.8) is 0 Å². The molecule has 0 bridgehead atoms. The highest BCUT2D eigenvalue weighted by atomic mass is 16.5. The highest BCUT2D eigenvalue weighted by Crippen LogP contribution is 2.16. The summed E-state index contributed by atoms with van der Waals surface area (Å²) in [5.74, 6) is 0.455. The Morgan fingerprint density at radius 1 is 1.53 bits per heavy atom. The van der Waals surface area contributed by atoms with E-state index in [-0.39, 0.29) is 12.0 Å². The van der Waals surface area contributed by atoms with Crippen LogP contribution in [0, 0.1) is 0 Å². The summed E-state index contributed by atoms with van der Waals surface area (Å²) in [6.45, 7) is 3.01. The Labute approximate surface area is 113 Å². The molecule has 1 aliphatic rings. The summed E-state index contributed by atoms with van der Waals surface area (Å²) >= 11 is 0. The zero-order chi connectivity index (χ0) is 13.7. The van der Waals surface area contributed by atoms with Gasteiger partial charge in [-0.2, -0.15) is 0 Å². The molecule has 1 atom stereocenters. The van der Waals surface area contributed by atoms with E-state index in [0.717, 1.165) is 13.1 Å². The van der Waals surface area contributed by atoms with E-state index in [9.17, 15) is 4.79 Å². The summed E-state index contributed by atoms with van der Waals surface area (Å²) in [6, 6.07) is 7.19. The number of nitrogens with zero attached hydrogens (tertiary/aromatic N) is 1. The molecule has 0 spiro atoms. The fourth-order valence-electron chi connectivity index (χ4n) is 2.12. The van der Waals surface area contributed by atoms with E-state index in [1.54, 1.807) is 19.2 Å². The van der Waals surface area contributed by atoms with Crippen LogP contribution in [0.2, 0.25) is 0 Å². The average molecular weight is 264 g/mol. The number of carbonyl (C=O) groups excluding carboxylic acids is 1. The van der Waals surface area contributed by atoms with Crippen molar-refractivity contribution < 1.29 is 14.3 Å². The molecule has 5 nitrogen and oxygen atoms in total. The quantitative estimate of drug-likeness (QED) is 0.872. The van der Waals surface area contributed by atoms with Crippen molar-refractivity contribution in [1.82, 2.24) is 10.2 Å². The molecule has 5 heteroatoms. The third-order valence-electron chi connectivity index (χ3n) is 3.18. The van der Waals surface area contributed by atoms with Crippen molar-refractivity contribution >= 4 is 5.91 Å². The largest absolute Gasteiger partial charge is 0.496 e. The molecule has 0 aliphatic carbocycles. The first kappa shape index (κ1) is 13.8. The second-order valence-electron chi connectivity index (χ2n) is 4.67. The number of hydrogen-bond donors (Lipinski definition) is 1. The number of methoxy groups -OCH3 is 1. The molecule has 1 heterocycles. The standard InChI is InChI=1S/C14H20N2O3/c1-16-7-8-19-11(10-16)9-15-14(17)12-5-3-4-6-13(12)18-2/h3-6,11H,7-10H2,1-2H3,(H,15,17). The van der Waals surface area contributed by atoms with Crippen molar-refractivity contribution in [2.75, 3.05) is 40.4 Å². The van der Waals surface area contributed by atoms with Gasteiger partial charge in [0.1, 0.15) is 5.75 Å². The topological polar surface area (TPSA) is 50.8 Å². The van der Waals surface area contributed by atoms with Crippen LogP contribution in [0.15, 0.2) is 24.3 Å². The molecule has 0 aromatic heterocycles. The second-order valence-corrected chi connectivity index (χ2v) is 4.67. The SMILES string of the molecule is COc1ccccc1C(=O)NCC1CN(C)CCO1. The van der Waals surface area contributed by atoms with Crippen LogP contribution in [0.4, 0.5) is 0 Å². The number of likely N-dealkylation sites (N-methyl/N-ethyl adjacent to an activating group) is 1. The molecule has 1 saturated heterocycles. The van der Waals surface area contributed by atoms with E-state index >= 15 is 0 Å². The summed E-state index contributed by atoms with van der Waals surface area (Å²) in [4.78, 5) is 14.3. The number of rotatable bonds is 4. The molecular formula is C14H20N2O3. The number of hydrogen-bond acceptors (Lipinski definition) is 4. The van der Waals surface area contributed by atoms with Crippen molar-refractivity contribution in [2.24, 2.45) is 0 Å². The Bertz CT molecular complexity index is 436. The van der Waals surface area contributed by atoms with Gasteiger partial charge >= 0.3 is 0 Å². The van der Waals surface area contributed by atoms with E-state index in [0.29, 0.717) is 24.5 Å². The van der Waals surface area contributed by atoms with Crippen molar-refractivity contribution in [2.45, 2.75) is 6.10 Å². The molecule has 0 saturated carbocycles. The third kappa shape index (κ3) is 3.68. The van der Waals surface area contributed by atoms with Gasteiger partial charge in [0.05, 0.1) is 25.4 Å². The lowest BCUT2D eigenvalue weighted by atomic mass is 10.2. The summed E-state index contributed by atoms with van der Waals surface area (Å²) in [5.41, 5.74) is 0.550. The molecule has 1 aromatic carbocycles. The molecule has 19 heavy (non-hydrogen) atoms. The molecule has 1 aromatic rings. The van der Waals surface area contributed by atoms with Gasteiger partial charge in [0.2, 0.25) is 0 Å². The van der Waals surface area contributed by atoms with Crippen LogP contribution in [0.3, 0.4) is 0 Å². The monoisotopic (exact) mass is 264 g/mol. The molecule has 1 aliphatic heterocycles. The van der Waals surface area contributed by atoms with Gasteiger partial charge in [-0.05, 0) is 19.2 Å². The number of ether oxygens (including phenoxy) is 2. The first-order valence-electron chi connectivity index (χ1n) is 6.42. The Kier molecular flexibility index (Phi) is 4.76. The lowest BCUT2D eigenvalue weighted by molar-refractivity contribution is -0.0175. The maximum Gasteiger partial charge on any atom is 0.255 e. The molecule has 104 valence electrons. The molecule has 1 fully saturated rings. The number of morpholine rings is 1. The van der Waals surface area contributed by atoms with E-state index in [4.69, 9.17) is 9.47 Å². The van der Waals surface area contributed by atoms with Crippen LogP contribution in [0.25, 0.3) is 0 Å². The van der Waals surface area contributed by atoms with Gasteiger partial charge in [-0.3, -0.25) is 4.79 Å². The Morgan fingerprint density at radius 3 is 3.05 bits per heavy atom. The Morgan fingerprint density at radius 2 is 2.32 bits per heavy atom. The number of carbonyl (C=O) groups is 1. The highest BCUT2D eigenvalue weighted by molar-refractivity contribution is 5.96. The van der Waals surface area contributed by atoms with Crippen LogP contribution in [-0.2, 0) is 4.74 Å². The smallest absolute Gasteiger partial charge is 0.255 e. The second kappa shape index (κ2) is 6.54. The summed E-state index contributed by atoms with van der Waals surface area (Å²) in [6.07, 6.45) is 0.0532. The fourth-order valence-corrected chi connectivity index (χ4v) is 2.12. The predicted octanol–water partition coefficient (Wildman–Crippen LogP) is 0.756. The molecule has 0 radical (unpaired) electrons. The van der Waals surface area contributed by atoms with Crippen LogP contribution in [0.1, 0.15) is 10.4 Å². The molecule has 1 N–H and O–H groups in total. The fraction of sp³-hybridized carbons (Fsp3) is 0.500. The van der Waals surface area contributed by atoms with Gasteiger partial charge in [-0.15, -0.1) is 0 Å². The lowest BCUT2D eigenvalue weighted by Gasteiger charge is -2.30. The summed E-state index contributed by atoms with van der Waals surface area (Å²) in [7, 11) is 3.61. The van der Waals surface area contributed by atoms with Gasteiger partial charge in [-0.1, -0.05) is 12.1 Å². The molecule has 1 amide bonds. The van der Waals surface area contributed by atoms with Crippen LogP contribution < -0.4 is 10.1 Å². The molecule has 1 unspecified atom stereocenters. The van der Waals surface area contributed by atoms with Gasteiger partial charge in [-0.25, -0.2) is 0 Å². The minimum absolute atomic E-state index is 0.0532. The summed E-state index contributed by atoms with van der Waals surface area (Å²) in [5, 5.41) is 2.89. The minimum atomic E-state index is -0.130. The third-order valence-corrected chi connectivity index (χ3v) is 3.18. The predicted molar refractivity (Wildman–Crippen MR) is 72.6 cm³/mol. The highest BCUT2D eigenvalue weighted by Gasteiger charge is 2.19. The van der Waals surface area contributed by atoms with E-state index < -0.39 is 0 Å². The Balaban J connectivity index is 1.90. The minimum Gasteiger partial charge on any atom is -0.496 e. The van der Waals surface area contributed by atoms with Gasteiger partial charge in [0.15, 0.2) is 0 Å². The van der Waals surface area contributed by atoms with Crippen LogP contribution in [0.5, 0.6) is 5.75 Å². The zero-order valence-corrected chi connectivity index (χ0v) is 11.4. The number of amides is 1. The van der Waals surface area contributed by atoms with E-state index in [1.807, 2.05) is 12.1 Å². The van der Waals surface area contributed by atoms with Crippen LogP contribution >= 0.6 is 0 Å². The zero-order valence-electron chi connectivity index (χ0n) is 11.4. The first-order chi connectivity index (χ1) is 9.20. The lowest BCUT2D eigenvalue weighted by Crippen LogP contribution is -2.45. The van der Waals surface area contributed by atoms with Gasteiger partial charge in [0.25, 0.3) is 5.91 Å². The van der Waals surface area contributed by atoms with Crippen molar-refractivity contribution in [3.05, 3.63) is 29.8 Å². The normalized spacial score (nSPS) is 20.0. The van der Waals surface area contributed by atoms with E-state index in [1.165, 1.54) is 0 Å². The summed E-state index contributed by atoms with van der Waals surface area (Å²) < 4.78 is 10.8. The van der Waals surface area contributed by atoms with E-state index in [2.05, 4.69) is 17.3 Å². The first-order valence-corrected chi connectivity index (χ1v) is 6.42. The van der Waals surface area contributed by atoms with Crippen LogP contribution in [-0.4, -0.2) is 57.3 Å². The number of nitrogens with one attached hydrogen (secondary N) is 1. The number of benzene rings is 1. The average Bonchev–Trinajstić information content (AvgIpc) is 2.45. The van der Waals surface area contributed by atoms with Gasteiger partial charge < -0.3 is 19.7 Å². The van der Waals surface area contributed by atoms with Crippen molar-refractivity contribution in [3.8, 4) is 5.75 Å². The maximum atomic E-state index is 12.1. The van der Waals surface area contributed by atoms with Gasteiger partial charge in [0, 0.05) is 19.6 Å². The molecule has 2 rings (SSSR count). The van der Waals surface area contributed by atoms with Crippen molar-refractivity contribution in [1.29, 1.82) is 0 Å². The Hall–Kier alpha value is -1.59.